The van der Waals surface area contributed by atoms with E-state index in [4.69, 9.17) is 21.3 Å². The quantitative estimate of drug-likeness (QED) is 0.0760. The Labute approximate surface area is 457 Å². The van der Waals surface area contributed by atoms with Crippen molar-refractivity contribution >= 4 is 64.6 Å². The maximum atomic E-state index is 14.2. The number of carbonyl (C=O) groups is 4. The summed E-state index contributed by atoms with van der Waals surface area (Å²) in [6.07, 6.45) is 4.71. The molecule has 0 aliphatic carbocycles. The van der Waals surface area contributed by atoms with E-state index in [9.17, 15) is 28.8 Å². The van der Waals surface area contributed by atoms with Crippen LogP contribution in [0.5, 0.6) is 5.75 Å². The molecule has 3 aliphatic heterocycles. The first-order chi connectivity index (χ1) is 36.2. The molecule has 0 saturated carbocycles. The first-order valence-electron chi connectivity index (χ1n) is 26.6. The van der Waals surface area contributed by atoms with E-state index in [1.807, 2.05) is 86.6 Å². The van der Waals surface area contributed by atoms with Gasteiger partial charge in [0.15, 0.2) is 0 Å². The van der Waals surface area contributed by atoms with E-state index in [1.165, 1.54) is 4.90 Å². The van der Waals surface area contributed by atoms with Gasteiger partial charge in [-0.3, -0.25) is 24.1 Å². The number of Topliss-reactive ketones (excluding diaryl/α,β-unsaturated/α-hetero) is 1. The second-order valence-corrected chi connectivity index (χ2v) is 26.6. The van der Waals surface area contributed by atoms with Crippen LogP contribution in [0, 0.1) is 18.3 Å². The van der Waals surface area contributed by atoms with E-state index in [1.54, 1.807) is 38.0 Å². The summed E-state index contributed by atoms with van der Waals surface area (Å²) in [6, 6.07) is 21.6. The van der Waals surface area contributed by atoms with Crippen LogP contribution in [-0.2, 0) is 43.1 Å². The van der Waals surface area contributed by atoms with Gasteiger partial charge in [-0.15, -0.1) is 11.3 Å². The van der Waals surface area contributed by atoms with Gasteiger partial charge in [-0.05, 0) is 67.7 Å². The molecule has 406 valence electrons. The molecule has 3 fully saturated rings. The Morgan fingerprint density at radius 2 is 1.64 bits per heavy atom. The van der Waals surface area contributed by atoms with Crippen LogP contribution in [0.4, 0.5) is 5.69 Å². The monoisotopic (exact) mass is 1090 g/mol. The average molecular weight is 1090 g/mol. The van der Waals surface area contributed by atoms with E-state index >= 15 is 0 Å². The number of carbonyl (C=O) groups excluding carboxylic acids is 4. The van der Waals surface area contributed by atoms with Crippen molar-refractivity contribution in [3.8, 4) is 16.2 Å². The zero-order valence-corrected chi connectivity index (χ0v) is 47.6. The van der Waals surface area contributed by atoms with Gasteiger partial charge in [-0.25, -0.2) is 15.0 Å². The van der Waals surface area contributed by atoms with Gasteiger partial charge in [0.25, 0.3) is 0 Å². The molecule has 3 saturated heterocycles. The average Bonchev–Trinajstić information content (AvgIpc) is 4.03. The minimum atomic E-state index is -2.50. The van der Waals surface area contributed by atoms with Gasteiger partial charge in [-0.1, -0.05) is 87.0 Å². The molecule has 0 bridgehead atoms. The number of likely N-dealkylation sites (tertiary alicyclic amines) is 1. The standard InChI is InChI=1S/C58H74ClN8O7PS/c1-38-55(76-37-62-38)40-17-15-39(16-18-40)34-61-56(71)50-33-46(69)36-67(50)57(72)47(58(2,3)4)32-45(68)12-10-14-54(70)66-27-25-65(26-28-66)43-21-23-64(24-22-43)44-20-19-41(51(31-44)74-5)30-53-60-35-48(59)49(63-53)29-42-11-8-9-13-52(42)75(6,7)73/h8-9,11,13,15-20,31,35,37,43,46-47,50,69H,10,12,14,21-30,32-34,36H2,1-7H3,(H,61,71)/t46-,47-,50+/m1/s1. The number of methoxy groups -OCH3 is 1. The highest BCUT2D eigenvalue weighted by Gasteiger charge is 2.44. The summed E-state index contributed by atoms with van der Waals surface area (Å²) >= 11 is 8.17. The number of anilines is 1. The third kappa shape index (κ3) is 14.1. The number of β-amino-alcohol motifs (C(OH)–C–C–N with tert-alkyl or cyclic N) is 1. The van der Waals surface area contributed by atoms with Gasteiger partial charge in [0.2, 0.25) is 17.7 Å². The van der Waals surface area contributed by atoms with Crippen molar-refractivity contribution in [2.45, 2.75) is 110 Å². The molecule has 2 aromatic heterocycles. The highest BCUT2D eigenvalue weighted by atomic mass is 35.5. The zero-order chi connectivity index (χ0) is 54.3. The Balaban J connectivity index is 0.760. The first-order valence-corrected chi connectivity index (χ1v) is 30.5. The molecule has 3 atom stereocenters. The van der Waals surface area contributed by atoms with Gasteiger partial charge in [0.1, 0.15) is 30.5 Å². The fraction of sp³-hybridized carbons (Fsp3) is 0.500. The zero-order valence-electron chi connectivity index (χ0n) is 45.1. The molecular weight excluding hydrogens is 1020 g/mol. The van der Waals surface area contributed by atoms with Gasteiger partial charge in [-0.2, -0.15) is 0 Å². The normalized spacial score (nSPS) is 18.2. The molecule has 0 unspecified atom stereocenters. The Hall–Kier alpha value is -5.51. The number of nitrogens with one attached hydrogen (secondary N) is 1. The summed E-state index contributed by atoms with van der Waals surface area (Å²) in [4.78, 5) is 77.8. The van der Waals surface area contributed by atoms with Gasteiger partial charge >= 0.3 is 0 Å². The molecule has 5 heterocycles. The smallest absolute Gasteiger partial charge is 0.243 e. The Bertz CT molecular complexity index is 2910. The van der Waals surface area contributed by atoms with Crippen LogP contribution in [0.2, 0.25) is 5.02 Å². The lowest BCUT2D eigenvalue weighted by atomic mass is 9.76. The van der Waals surface area contributed by atoms with Crippen molar-refractivity contribution in [2.75, 3.05) is 71.2 Å². The summed E-state index contributed by atoms with van der Waals surface area (Å²) < 4.78 is 18.9. The number of nitrogens with zero attached hydrogens (tertiary/aromatic N) is 7. The van der Waals surface area contributed by atoms with Crippen molar-refractivity contribution in [1.29, 1.82) is 0 Å². The molecule has 18 heteroatoms. The number of benzene rings is 3. The first kappa shape index (κ1) is 56.7. The van der Waals surface area contributed by atoms with Crippen molar-refractivity contribution in [2.24, 2.45) is 11.3 Å². The number of halogens is 1. The SMILES string of the molecule is COc1cc(N2CCC(N3CCN(C(=O)CCCC(=O)C[C@H](C(=O)N4C[C@H](O)C[C@H]4C(=O)NCc4ccc(-c5scnc5C)cc4)C(C)(C)C)CC3)CC2)ccc1Cc1ncc(Cl)c(Cc2ccccc2P(C)(C)=O)n1. The molecule has 5 aromatic rings. The summed E-state index contributed by atoms with van der Waals surface area (Å²) in [6.45, 7) is 16.3. The predicted molar refractivity (Wildman–Crippen MR) is 301 cm³/mol. The lowest BCUT2D eigenvalue weighted by Crippen LogP contribution is -2.54. The molecule has 0 radical (unpaired) electrons. The number of ether oxygens (including phenoxy) is 1. The summed E-state index contributed by atoms with van der Waals surface area (Å²) in [5.74, 6) is 0.0114. The number of piperidine rings is 1. The Kier molecular flexibility index (Phi) is 18.5. The number of ketones is 1. The van der Waals surface area contributed by atoms with Gasteiger partial charge in [0, 0.05) is 132 Å². The predicted octanol–water partition coefficient (Wildman–Crippen LogP) is 8.18. The molecular formula is C58H74ClN8O7PS. The minimum Gasteiger partial charge on any atom is -0.496 e. The van der Waals surface area contributed by atoms with Crippen LogP contribution in [0.1, 0.15) is 99.6 Å². The maximum absolute atomic E-state index is 14.2. The van der Waals surface area contributed by atoms with Crippen LogP contribution in [0.3, 0.4) is 0 Å². The molecule has 76 heavy (non-hydrogen) atoms. The molecule has 2 N–H and O–H groups in total. The molecule has 3 amide bonds. The van der Waals surface area contributed by atoms with Crippen LogP contribution in [0.15, 0.2) is 78.4 Å². The molecule has 0 spiro atoms. The number of hydrogen-bond donors (Lipinski definition) is 2. The largest absolute Gasteiger partial charge is 0.496 e. The number of thiazole rings is 1. The van der Waals surface area contributed by atoms with E-state index in [0.29, 0.717) is 54.9 Å². The van der Waals surface area contributed by atoms with Crippen molar-refractivity contribution < 1.29 is 33.6 Å². The minimum absolute atomic E-state index is 0.00231. The second-order valence-electron chi connectivity index (χ2n) is 22.1. The number of aliphatic hydroxyl groups is 1. The van der Waals surface area contributed by atoms with Crippen LogP contribution in [0.25, 0.3) is 10.4 Å². The fourth-order valence-electron chi connectivity index (χ4n) is 10.9. The van der Waals surface area contributed by atoms with Gasteiger partial charge in [0.05, 0.1) is 40.0 Å². The number of piperazine rings is 1. The summed E-state index contributed by atoms with van der Waals surface area (Å²) in [5, 5.41) is 14.9. The van der Waals surface area contributed by atoms with Crippen molar-refractivity contribution in [1.82, 2.24) is 35.0 Å². The van der Waals surface area contributed by atoms with Crippen LogP contribution >= 0.6 is 30.1 Å². The van der Waals surface area contributed by atoms with Crippen molar-refractivity contribution in [3.05, 3.63) is 117 Å². The Morgan fingerprint density at radius 3 is 2.32 bits per heavy atom. The van der Waals surface area contributed by atoms with E-state index < -0.39 is 30.6 Å². The number of amides is 3. The number of hydrogen-bond acceptors (Lipinski definition) is 13. The summed E-state index contributed by atoms with van der Waals surface area (Å²) in [5.41, 5.74) is 7.88. The highest BCUT2D eigenvalue weighted by Crippen LogP contribution is 2.38. The van der Waals surface area contributed by atoms with Crippen LogP contribution < -0.4 is 20.3 Å². The number of aromatic nitrogens is 3. The third-order valence-corrected chi connectivity index (χ3v) is 18.2. The maximum Gasteiger partial charge on any atom is 0.243 e. The lowest BCUT2D eigenvalue weighted by molar-refractivity contribution is -0.146. The number of aliphatic hydroxyl groups excluding tert-OH is 1. The lowest BCUT2D eigenvalue weighted by Gasteiger charge is -2.43. The fourth-order valence-corrected chi connectivity index (χ4v) is 13.2. The number of aryl methyl sites for hydroxylation is 1. The molecule has 15 nitrogen and oxygen atoms in total. The van der Waals surface area contributed by atoms with E-state index in [0.717, 1.165) is 88.6 Å². The third-order valence-electron chi connectivity index (χ3n) is 15.3. The summed E-state index contributed by atoms with van der Waals surface area (Å²) in [7, 11) is -0.814. The van der Waals surface area contributed by atoms with E-state index in [2.05, 4.69) is 43.3 Å². The topological polar surface area (TPSA) is 178 Å². The molecule has 3 aromatic carbocycles. The van der Waals surface area contributed by atoms with Gasteiger partial charge < -0.3 is 34.4 Å². The second kappa shape index (κ2) is 24.9. The van der Waals surface area contributed by atoms with Crippen LogP contribution in [-0.4, -0.2) is 143 Å². The van der Waals surface area contributed by atoms with Crippen molar-refractivity contribution in [3.63, 3.8) is 0 Å². The molecule has 8 rings (SSSR count). The Morgan fingerprint density at radius 1 is 0.921 bits per heavy atom. The number of rotatable bonds is 19. The molecule has 3 aliphatic rings. The van der Waals surface area contributed by atoms with E-state index in [-0.39, 0.29) is 62.3 Å². The highest BCUT2D eigenvalue weighted by molar-refractivity contribution is 7.70.